The number of rotatable bonds is 4. The van der Waals surface area contributed by atoms with Crippen LogP contribution in [0.3, 0.4) is 0 Å². The lowest BCUT2D eigenvalue weighted by molar-refractivity contribution is -0.130. The summed E-state index contributed by atoms with van der Waals surface area (Å²) in [7, 11) is 0. The van der Waals surface area contributed by atoms with E-state index in [1.54, 1.807) is 12.3 Å². The number of aromatic nitrogens is 2. The molecule has 0 aliphatic carbocycles. The first-order valence-electron chi connectivity index (χ1n) is 4.48. The second-order valence-electron chi connectivity index (χ2n) is 3.00. The van der Waals surface area contributed by atoms with Crippen LogP contribution in [0.1, 0.15) is 0 Å². The SMILES string of the molecule is N#CCN(CC#N)C(=O)Cn1ccc(N)n1. The van der Waals surface area contributed by atoms with Gasteiger partial charge in [0.2, 0.25) is 5.91 Å². The van der Waals surface area contributed by atoms with Gasteiger partial charge in [-0.05, 0) is 6.07 Å². The second-order valence-corrected chi connectivity index (χ2v) is 3.00. The Morgan fingerprint density at radius 3 is 2.56 bits per heavy atom. The van der Waals surface area contributed by atoms with Gasteiger partial charge in [0, 0.05) is 6.20 Å². The number of anilines is 1. The van der Waals surface area contributed by atoms with Gasteiger partial charge in [0.25, 0.3) is 0 Å². The van der Waals surface area contributed by atoms with Gasteiger partial charge in [0.1, 0.15) is 25.5 Å². The van der Waals surface area contributed by atoms with Crippen LogP contribution < -0.4 is 5.73 Å². The number of nitrogens with two attached hydrogens (primary N) is 1. The van der Waals surface area contributed by atoms with Gasteiger partial charge in [-0.2, -0.15) is 15.6 Å². The first-order valence-corrected chi connectivity index (χ1v) is 4.48. The smallest absolute Gasteiger partial charge is 0.246 e. The average Bonchev–Trinajstić information content (AvgIpc) is 2.63. The van der Waals surface area contributed by atoms with Crippen molar-refractivity contribution in [2.45, 2.75) is 6.54 Å². The molecule has 0 aromatic carbocycles. The largest absolute Gasteiger partial charge is 0.382 e. The van der Waals surface area contributed by atoms with Crippen LogP contribution in [0.4, 0.5) is 5.82 Å². The number of hydrogen-bond acceptors (Lipinski definition) is 5. The van der Waals surface area contributed by atoms with Crippen LogP contribution in [-0.2, 0) is 11.3 Å². The normalized spacial score (nSPS) is 9.12. The van der Waals surface area contributed by atoms with Gasteiger partial charge in [-0.25, -0.2) is 0 Å². The number of hydrogen-bond donors (Lipinski definition) is 1. The van der Waals surface area contributed by atoms with Crippen LogP contribution in [-0.4, -0.2) is 33.7 Å². The molecule has 0 aliphatic heterocycles. The molecule has 7 nitrogen and oxygen atoms in total. The molecule has 0 unspecified atom stereocenters. The van der Waals surface area contributed by atoms with Gasteiger partial charge in [-0.3, -0.25) is 9.48 Å². The first kappa shape index (κ1) is 11.5. The van der Waals surface area contributed by atoms with Crippen molar-refractivity contribution in [3.63, 3.8) is 0 Å². The lowest BCUT2D eigenvalue weighted by atomic mass is 10.4. The van der Waals surface area contributed by atoms with Gasteiger partial charge >= 0.3 is 0 Å². The molecule has 0 fully saturated rings. The van der Waals surface area contributed by atoms with Crippen molar-refractivity contribution >= 4 is 11.7 Å². The van der Waals surface area contributed by atoms with E-state index in [1.165, 1.54) is 4.68 Å². The number of carbonyl (C=O) groups excluding carboxylic acids is 1. The Balaban J connectivity index is 2.63. The Labute approximate surface area is 92.3 Å². The number of carbonyl (C=O) groups is 1. The Bertz CT molecular complexity index is 435. The highest BCUT2D eigenvalue weighted by Crippen LogP contribution is 1.98. The van der Waals surface area contributed by atoms with E-state index in [0.717, 1.165) is 4.90 Å². The number of nitrogens with zero attached hydrogens (tertiary/aromatic N) is 5. The summed E-state index contributed by atoms with van der Waals surface area (Å²) in [6.07, 6.45) is 1.56. The van der Waals surface area contributed by atoms with Gasteiger partial charge in [0.15, 0.2) is 0 Å². The van der Waals surface area contributed by atoms with Gasteiger partial charge in [0.05, 0.1) is 12.1 Å². The fraction of sp³-hybridized carbons (Fsp3) is 0.333. The Morgan fingerprint density at radius 1 is 1.50 bits per heavy atom. The zero-order chi connectivity index (χ0) is 12.0. The minimum atomic E-state index is -0.341. The quantitative estimate of drug-likeness (QED) is 0.674. The average molecular weight is 218 g/mol. The van der Waals surface area contributed by atoms with E-state index in [2.05, 4.69) is 5.10 Å². The molecule has 0 saturated carbocycles. The topological polar surface area (TPSA) is 112 Å². The highest BCUT2D eigenvalue weighted by Gasteiger charge is 2.13. The summed E-state index contributed by atoms with van der Waals surface area (Å²) in [6.45, 7) is -0.243. The summed E-state index contributed by atoms with van der Waals surface area (Å²) in [4.78, 5) is 12.8. The molecule has 0 spiro atoms. The van der Waals surface area contributed by atoms with E-state index in [0.29, 0.717) is 5.82 Å². The molecule has 1 heterocycles. The van der Waals surface area contributed by atoms with Crippen molar-refractivity contribution in [2.24, 2.45) is 0 Å². The molecule has 82 valence electrons. The summed E-state index contributed by atoms with van der Waals surface area (Å²) in [5, 5.41) is 20.8. The van der Waals surface area contributed by atoms with Crippen LogP contribution in [0.5, 0.6) is 0 Å². The summed E-state index contributed by atoms with van der Waals surface area (Å²) in [6, 6.07) is 5.21. The predicted octanol–water partition coefficient (Wildman–Crippen LogP) is -0.659. The van der Waals surface area contributed by atoms with Crippen molar-refractivity contribution in [1.29, 1.82) is 10.5 Å². The Hall–Kier alpha value is -2.54. The van der Waals surface area contributed by atoms with Crippen molar-refractivity contribution in [2.75, 3.05) is 18.8 Å². The van der Waals surface area contributed by atoms with Gasteiger partial charge < -0.3 is 10.6 Å². The molecule has 16 heavy (non-hydrogen) atoms. The van der Waals surface area contributed by atoms with E-state index in [-0.39, 0.29) is 25.5 Å². The second kappa shape index (κ2) is 5.37. The molecular weight excluding hydrogens is 208 g/mol. The zero-order valence-corrected chi connectivity index (χ0v) is 8.50. The van der Waals surface area contributed by atoms with Crippen LogP contribution >= 0.6 is 0 Å². The molecule has 2 N–H and O–H groups in total. The minimum absolute atomic E-state index is 0.0272. The van der Waals surface area contributed by atoms with Crippen LogP contribution in [0.15, 0.2) is 12.3 Å². The maximum Gasteiger partial charge on any atom is 0.246 e. The third-order valence-electron chi connectivity index (χ3n) is 1.83. The molecule has 0 atom stereocenters. The van der Waals surface area contributed by atoms with Crippen LogP contribution in [0.25, 0.3) is 0 Å². The van der Waals surface area contributed by atoms with Gasteiger partial charge in [-0.15, -0.1) is 0 Å². The Morgan fingerprint density at radius 2 is 2.12 bits per heavy atom. The van der Waals surface area contributed by atoms with Crippen molar-refractivity contribution in [3.05, 3.63) is 12.3 Å². The van der Waals surface area contributed by atoms with E-state index >= 15 is 0 Å². The molecule has 1 aromatic rings. The summed E-state index contributed by atoms with van der Waals surface area (Å²) in [5.74, 6) is -0.0221. The molecule has 1 aromatic heterocycles. The van der Waals surface area contributed by atoms with Crippen LogP contribution in [0.2, 0.25) is 0 Å². The van der Waals surface area contributed by atoms with Crippen molar-refractivity contribution in [1.82, 2.24) is 14.7 Å². The maximum atomic E-state index is 11.6. The minimum Gasteiger partial charge on any atom is -0.382 e. The monoisotopic (exact) mass is 218 g/mol. The third-order valence-corrected chi connectivity index (χ3v) is 1.83. The number of amides is 1. The van der Waals surface area contributed by atoms with Gasteiger partial charge in [-0.1, -0.05) is 0 Å². The molecule has 0 aliphatic rings. The maximum absolute atomic E-state index is 11.6. The predicted molar refractivity (Wildman–Crippen MR) is 54.4 cm³/mol. The fourth-order valence-electron chi connectivity index (χ4n) is 1.11. The molecular formula is C9H10N6O. The van der Waals surface area contributed by atoms with E-state index in [1.807, 2.05) is 12.1 Å². The first-order chi connectivity index (χ1) is 7.67. The zero-order valence-electron chi connectivity index (χ0n) is 8.50. The fourth-order valence-corrected chi connectivity index (χ4v) is 1.11. The molecule has 0 saturated heterocycles. The standard InChI is InChI=1S/C9H10N6O/c10-2-5-14(6-3-11)9(16)7-15-4-1-8(12)13-15/h1,4H,5-7H2,(H2,12,13). The molecule has 0 bridgehead atoms. The molecule has 7 heteroatoms. The molecule has 1 rings (SSSR count). The lowest BCUT2D eigenvalue weighted by Crippen LogP contribution is -2.34. The highest BCUT2D eigenvalue weighted by atomic mass is 16.2. The van der Waals surface area contributed by atoms with E-state index < -0.39 is 0 Å². The summed E-state index contributed by atoms with van der Waals surface area (Å²) >= 11 is 0. The molecule has 1 amide bonds. The molecule has 0 radical (unpaired) electrons. The Kier molecular flexibility index (Phi) is 3.87. The number of nitriles is 2. The van der Waals surface area contributed by atoms with E-state index in [4.69, 9.17) is 16.3 Å². The van der Waals surface area contributed by atoms with Crippen molar-refractivity contribution < 1.29 is 4.79 Å². The third kappa shape index (κ3) is 3.00. The lowest BCUT2D eigenvalue weighted by Gasteiger charge is -2.15. The highest BCUT2D eigenvalue weighted by molar-refractivity contribution is 5.76. The van der Waals surface area contributed by atoms with Crippen LogP contribution in [0, 0.1) is 22.7 Å². The van der Waals surface area contributed by atoms with Crippen molar-refractivity contribution in [3.8, 4) is 12.1 Å². The summed E-state index contributed by atoms with van der Waals surface area (Å²) < 4.78 is 1.36. The summed E-state index contributed by atoms with van der Waals surface area (Å²) in [5.41, 5.74) is 5.39. The van der Waals surface area contributed by atoms with E-state index in [9.17, 15) is 4.79 Å². The number of nitrogen functional groups attached to an aromatic ring is 1.